The minimum Gasteiger partial charge on any atom is -0.256 e. The highest BCUT2D eigenvalue weighted by Gasteiger charge is 2.40. The first-order valence-corrected chi connectivity index (χ1v) is 11.2. The number of hydrogen-bond acceptors (Lipinski definition) is 1. The van der Waals surface area contributed by atoms with E-state index in [4.69, 9.17) is 0 Å². The van der Waals surface area contributed by atoms with Gasteiger partial charge in [-0.05, 0) is 62.7 Å². The highest BCUT2D eigenvalue weighted by molar-refractivity contribution is 5.75. The second-order valence-electron chi connectivity index (χ2n) is 8.76. The molecule has 4 aromatic carbocycles. The van der Waals surface area contributed by atoms with Crippen LogP contribution in [0.5, 0.6) is 0 Å². The molecule has 0 radical (unpaired) electrons. The van der Waals surface area contributed by atoms with Crippen LogP contribution >= 0.6 is 0 Å². The Kier molecular flexibility index (Phi) is 3.74. The number of rotatable bonds is 2. The predicted molar refractivity (Wildman–Crippen MR) is 130 cm³/mol. The molecule has 1 heteroatoms. The van der Waals surface area contributed by atoms with E-state index in [-0.39, 0.29) is 0 Å². The zero-order chi connectivity index (χ0) is 21.1. The molecule has 32 heavy (non-hydrogen) atoms. The first kappa shape index (κ1) is 17.7. The summed E-state index contributed by atoms with van der Waals surface area (Å²) in [6.45, 7) is 0. The molecule has 5 aromatic rings. The largest absolute Gasteiger partial charge is 0.256 e. The van der Waals surface area contributed by atoms with E-state index in [1.807, 2.05) is 12.3 Å². The van der Waals surface area contributed by atoms with Gasteiger partial charge in [0.1, 0.15) is 0 Å². The zero-order valence-corrected chi connectivity index (χ0v) is 17.6. The first-order valence-electron chi connectivity index (χ1n) is 11.2. The SMILES string of the molecule is c1ccc(-c2cc(-c3ccc4c(c3)C3c5ccccc5C4c4ccccc43)ccn2)cc1. The third kappa shape index (κ3) is 2.48. The lowest BCUT2D eigenvalue weighted by Gasteiger charge is -2.42. The maximum Gasteiger partial charge on any atom is 0.0708 e. The second-order valence-corrected chi connectivity index (χ2v) is 8.76. The van der Waals surface area contributed by atoms with E-state index in [0.29, 0.717) is 11.8 Å². The molecule has 1 nitrogen and oxygen atoms in total. The molecule has 2 bridgehead atoms. The summed E-state index contributed by atoms with van der Waals surface area (Å²) in [6.07, 6.45) is 1.92. The number of nitrogens with zero attached hydrogens (tertiary/aromatic N) is 1. The molecule has 1 heterocycles. The molecule has 150 valence electrons. The third-order valence-electron chi connectivity index (χ3n) is 7.11. The van der Waals surface area contributed by atoms with E-state index in [1.54, 1.807) is 0 Å². The highest BCUT2D eigenvalue weighted by Crippen LogP contribution is 2.56. The fourth-order valence-corrected chi connectivity index (χ4v) is 5.72. The number of pyridine rings is 1. The molecular weight excluding hydrogens is 386 g/mol. The number of benzene rings is 4. The summed E-state index contributed by atoms with van der Waals surface area (Å²) in [4.78, 5) is 4.62. The fraction of sp³-hybridized carbons (Fsp3) is 0.0645. The molecule has 0 spiro atoms. The van der Waals surface area contributed by atoms with Crippen LogP contribution < -0.4 is 0 Å². The van der Waals surface area contributed by atoms with Gasteiger partial charge in [0.15, 0.2) is 0 Å². The molecule has 0 aliphatic heterocycles. The fourth-order valence-electron chi connectivity index (χ4n) is 5.72. The molecule has 0 saturated carbocycles. The lowest BCUT2D eigenvalue weighted by Crippen LogP contribution is -2.27. The molecule has 0 unspecified atom stereocenters. The predicted octanol–water partition coefficient (Wildman–Crippen LogP) is 7.40. The van der Waals surface area contributed by atoms with Crippen LogP contribution in [-0.2, 0) is 0 Å². The van der Waals surface area contributed by atoms with Crippen molar-refractivity contribution in [1.82, 2.24) is 4.98 Å². The molecule has 0 fully saturated rings. The van der Waals surface area contributed by atoms with Gasteiger partial charge < -0.3 is 0 Å². The Labute approximate surface area is 188 Å². The monoisotopic (exact) mass is 407 g/mol. The quantitative estimate of drug-likeness (QED) is 0.291. The maximum absolute atomic E-state index is 4.62. The van der Waals surface area contributed by atoms with Crippen LogP contribution in [0.2, 0.25) is 0 Å². The van der Waals surface area contributed by atoms with Crippen molar-refractivity contribution >= 4 is 0 Å². The number of hydrogen-bond donors (Lipinski definition) is 0. The van der Waals surface area contributed by atoms with Crippen LogP contribution in [0, 0.1) is 0 Å². The molecule has 1 aromatic heterocycles. The van der Waals surface area contributed by atoms with Crippen LogP contribution in [0.3, 0.4) is 0 Å². The van der Waals surface area contributed by atoms with E-state index >= 15 is 0 Å². The van der Waals surface area contributed by atoms with Gasteiger partial charge in [0, 0.05) is 23.6 Å². The summed E-state index contributed by atoms with van der Waals surface area (Å²) in [5, 5.41) is 0. The van der Waals surface area contributed by atoms with E-state index < -0.39 is 0 Å². The Morgan fingerprint density at radius 2 is 0.938 bits per heavy atom. The summed E-state index contributed by atoms with van der Waals surface area (Å²) in [6, 6.07) is 39.8. The molecule has 3 aliphatic carbocycles. The lowest BCUT2D eigenvalue weighted by atomic mass is 9.61. The summed E-state index contributed by atoms with van der Waals surface area (Å²) < 4.78 is 0. The van der Waals surface area contributed by atoms with Crippen molar-refractivity contribution in [3.05, 3.63) is 149 Å². The lowest BCUT2D eigenvalue weighted by molar-refractivity contribution is 0.755. The van der Waals surface area contributed by atoms with Gasteiger partial charge in [-0.15, -0.1) is 0 Å². The molecule has 0 amide bonds. The van der Waals surface area contributed by atoms with E-state index in [0.717, 1.165) is 11.3 Å². The van der Waals surface area contributed by atoms with Gasteiger partial charge in [0.2, 0.25) is 0 Å². The van der Waals surface area contributed by atoms with Gasteiger partial charge in [-0.25, -0.2) is 0 Å². The minimum atomic E-state index is 0.304. The van der Waals surface area contributed by atoms with Crippen LogP contribution in [0.1, 0.15) is 45.2 Å². The summed E-state index contributed by atoms with van der Waals surface area (Å²) >= 11 is 0. The van der Waals surface area contributed by atoms with E-state index in [9.17, 15) is 0 Å². The molecule has 0 saturated heterocycles. The second kappa shape index (κ2) is 6.77. The molecular formula is C31H21N. The Morgan fingerprint density at radius 1 is 0.406 bits per heavy atom. The molecule has 3 aliphatic rings. The Hall–Kier alpha value is -3.97. The number of aromatic nitrogens is 1. The van der Waals surface area contributed by atoms with Crippen molar-refractivity contribution in [2.24, 2.45) is 0 Å². The molecule has 8 rings (SSSR count). The van der Waals surface area contributed by atoms with Crippen molar-refractivity contribution in [2.45, 2.75) is 11.8 Å². The topological polar surface area (TPSA) is 12.9 Å². The summed E-state index contributed by atoms with van der Waals surface area (Å²) in [5.74, 6) is 0.631. The van der Waals surface area contributed by atoms with Crippen molar-refractivity contribution in [3.63, 3.8) is 0 Å². The summed E-state index contributed by atoms with van der Waals surface area (Å²) in [7, 11) is 0. The standard InChI is InChI=1S/C31H21N/c1-2-8-20(9-3-1)29-19-22(16-17-32-29)21-14-15-27-28(18-21)31-25-12-6-4-10-23(25)30(27)24-11-5-7-13-26(24)31/h1-19,30-31H. The average Bonchev–Trinajstić information content (AvgIpc) is 2.88. The van der Waals surface area contributed by atoms with Gasteiger partial charge in [-0.3, -0.25) is 4.98 Å². The highest BCUT2D eigenvalue weighted by atomic mass is 14.7. The van der Waals surface area contributed by atoms with Crippen LogP contribution in [-0.4, -0.2) is 4.98 Å². The third-order valence-corrected chi connectivity index (χ3v) is 7.11. The van der Waals surface area contributed by atoms with Crippen LogP contribution in [0.25, 0.3) is 22.4 Å². The van der Waals surface area contributed by atoms with Crippen LogP contribution in [0.15, 0.2) is 115 Å². The van der Waals surface area contributed by atoms with Crippen molar-refractivity contribution in [1.29, 1.82) is 0 Å². The minimum absolute atomic E-state index is 0.304. The Bertz CT molecular complexity index is 1430. The van der Waals surface area contributed by atoms with Crippen molar-refractivity contribution in [2.75, 3.05) is 0 Å². The van der Waals surface area contributed by atoms with Crippen molar-refractivity contribution < 1.29 is 0 Å². The van der Waals surface area contributed by atoms with Crippen LogP contribution in [0.4, 0.5) is 0 Å². The summed E-state index contributed by atoms with van der Waals surface area (Å²) in [5.41, 5.74) is 13.4. The first-order chi connectivity index (χ1) is 15.9. The maximum atomic E-state index is 4.62. The zero-order valence-electron chi connectivity index (χ0n) is 17.6. The van der Waals surface area contributed by atoms with Gasteiger partial charge in [-0.2, -0.15) is 0 Å². The Morgan fingerprint density at radius 3 is 1.59 bits per heavy atom. The molecule has 0 N–H and O–H groups in total. The molecule has 0 atom stereocenters. The normalized spacial score (nSPS) is 17.4. The van der Waals surface area contributed by atoms with Gasteiger partial charge in [0.25, 0.3) is 0 Å². The smallest absolute Gasteiger partial charge is 0.0708 e. The van der Waals surface area contributed by atoms with Gasteiger partial charge in [0.05, 0.1) is 5.69 Å². The van der Waals surface area contributed by atoms with Crippen molar-refractivity contribution in [3.8, 4) is 22.4 Å². The van der Waals surface area contributed by atoms with Gasteiger partial charge in [-0.1, -0.05) is 91.0 Å². The average molecular weight is 408 g/mol. The van der Waals surface area contributed by atoms with E-state index in [1.165, 1.54) is 44.5 Å². The van der Waals surface area contributed by atoms with Gasteiger partial charge >= 0.3 is 0 Å². The van der Waals surface area contributed by atoms with E-state index in [2.05, 4.69) is 108 Å². The Balaban J connectivity index is 1.40.